The Labute approximate surface area is 175 Å². The van der Waals surface area contributed by atoms with Gasteiger partial charge in [-0.15, -0.1) is 0 Å². The summed E-state index contributed by atoms with van der Waals surface area (Å²) in [6.07, 6.45) is 1.96. The summed E-state index contributed by atoms with van der Waals surface area (Å²) in [4.78, 5) is 16.2. The lowest BCUT2D eigenvalue weighted by molar-refractivity contribution is -0.00834. The number of aliphatic imine (C=N–C) groups is 1. The minimum absolute atomic E-state index is 0.0487. The number of likely N-dealkylation sites (N-methyl/N-ethyl adjacent to an activating group) is 1. The molecule has 1 aromatic heterocycles. The van der Waals surface area contributed by atoms with E-state index in [0.717, 1.165) is 76.4 Å². The Morgan fingerprint density at radius 2 is 1.83 bits per heavy atom. The number of morpholine rings is 1. The van der Waals surface area contributed by atoms with Crippen molar-refractivity contribution in [2.75, 3.05) is 78.0 Å². The molecule has 2 saturated heterocycles. The van der Waals surface area contributed by atoms with Crippen LogP contribution in [0.25, 0.3) is 0 Å². The van der Waals surface area contributed by atoms with Gasteiger partial charge in [-0.2, -0.15) is 0 Å². The third kappa shape index (κ3) is 6.29. The minimum atomic E-state index is 0.0487. The van der Waals surface area contributed by atoms with E-state index in [4.69, 9.17) is 4.74 Å². The molecule has 3 heterocycles. The van der Waals surface area contributed by atoms with Gasteiger partial charge in [-0.25, -0.2) is 4.98 Å². The van der Waals surface area contributed by atoms with Gasteiger partial charge in [-0.1, -0.05) is 6.07 Å². The second-order valence-corrected chi connectivity index (χ2v) is 8.51. The number of nitrogens with one attached hydrogen (secondary N) is 2. The zero-order valence-electron chi connectivity index (χ0n) is 18.4. The van der Waals surface area contributed by atoms with E-state index in [0.29, 0.717) is 6.54 Å². The molecule has 3 rings (SSSR count). The van der Waals surface area contributed by atoms with Crippen LogP contribution in [0.4, 0.5) is 5.82 Å². The van der Waals surface area contributed by atoms with Gasteiger partial charge in [-0.3, -0.25) is 9.89 Å². The molecule has 2 fully saturated rings. The van der Waals surface area contributed by atoms with Crippen molar-refractivity contribution in [3.8, 4) is 0 Å². The maximum absolute atomic E-state index is 5.47. The summed E-state index contributed by atoms with van der Waals surface area (Å²) in [6, 6.07) is 4.28. The van der Waals surface area contributed by atoms with Crippen molar-refractivity contribution in [3.63, 3.8) is 0 Å². The van der Waals surface area contributed by atoms with Crippen LogP contribution < -0.4 is 15.5 Å². The van der Waals surface area contributed by atoms with Gasteiger partial charge in [0.25, 0.3) is 0 Å². The van der Waals surface area contributed by atoms with E-state index in [2.05, 4.69) is 68.3 Å². The van der Waals surface area contributed by atoms with Gasteiger partial charge in [-0.05, 0) is 32.5 Å². The smallest absolute Gasteiger partial charge is 0.191 e. The average Bonchev–Trinajstić information content (AvgIpc) is 2.75. The van der Waals surface area contributed by atoms with Crippen molar-refractivity contribution in [2.45, 2.75) is 25.9 Å². The van der Waals surface area contributed by atoms with Crippen LogP contribution >= 0.6 is 0 Å². The van der Waals surface area contributed by atoms with Crippen molar-refractivity contribution >= 4 is 11.8 Å². The van der Waals surface area contributed by atoms with Crippen molar-refractivity contribution in [2.24, 2.45) is 4.99 Å². The molecule has 8 nitrogen and oxygen atoms in total. The van der Waals surface area contributed by atoms with Crippen molar-refractivity contribution in [1.82, 2.24) is 25.4 Å². The van der Waals surface area contributed by atoms with Crippen molar-refractivity contribution in [1.29, 1.82) is 0 Å². The van der Waals surface area contributed by atoms with Gasteiger partial charge in [0.05, 0.1) is 13.2 Å². The van der Waals surface area contributed by atoms with Crippen molar-refractivity contribution in [3.05, 3.63) is 23.9 Å². The lowest BCUT2D eigenvalue weighted by atomic mass is 10.0. The number of nitrogens with zero attached hydrogens (tertiary/aromatic N) is 5. The summed E-state index contributed by atoms with van der Waals surface area (Å²) in [5, 5.41) is 6.87. The Morgan fingerprint density at radius 1 is 1.10 bits per heavy atom. The summed E-state index contributed by atoms with van der Waals surface area (Å²) in [5.41, 5.74) is 1.20. The second-order valence-electron chi connectivity index (χ2n) is 8.51. The summed E-state index contributed by atoms with van der Waals surface area (Å²) in [6.45, 7) is 13.9. The number of hydrogen-bond acceptors (Lipinski definition) is 6. The molecule has 1 aromatic rings. The fourth-order valence-electron chi connectivity index (χ4n) is 3.73. The number of guanidine groups is 1. The maximum Gasteiger partial charge on any atom is 0.191 e. The fraction of sp³-hybridized carbons (Fsp3) is 0.714. The van der Waals surface area contributed by atoms with Gasteiger partial charge >= 0.3 is 0 Å². The quantitative estimate of drug-likeness (QED) is 0.533. The van der Waals surface area contributed by atoms with E-state index in [9.17, 15) is 0 Å². The van der Waals surface area contributed by atoms with Crippen LogP contribution in [0.2, 0.25) is 0 Å². The van der Waals surface area contributed by atoms with Gasteiger partial charge in [0.2, 0.25) is 0 Å². The molecule has 2 aliphatic heterocycles. The number of aromatic nitrogens is 1. The normalized spacial score (nSPS) is 20.0. The fourth-order valence-corrected chi connectivity index (χ4v) is 3.73. The molecule has 162 valence electrons. The molecule has 2 N–H and O–H groups in total. The highest BCUT2D eigenvalue weighted by Crippen LogP contribution is 2.15. The van der Waals surface area contributed by atoms with Gasteiger partial charge in [0.1, 0.15) is 5.82 Å². The highest BCUT2D eigenvalue weighted by Gasteiger charge is 2.28. The van der Waals surface area contributed by atoms with Crippen LogP contribution in [0.1, 0.15) is 19.4 Å². The van der Waals surface area contributed by atoms with Crippen LogP contribution in [0.15, 0.2) is 23.3 Å². The molecule has 0 radical (unpaired) electrons. The molecule has 0 aliphatic carbocycles. The van der Waals surface area contributed by atoms with E-state index in [-0.39, 0.29) is 5.54 Å². The molecule has 0 unspecified atom stereocenters. The first-order valence-electron chi connectivity index (χ1n) is 10.6. The summed E-state index contributed by atoms with van der Waals surface area (Å²) >= 11 is 0. The predicted molar refractivity (Wildman–Crippen MR) is 119 cm³/mol. The summed E-state index contributed by atoms with van der Waals surface area (Å²) in [7, 11) is 3.98. The molecule has 0 atom stereocenters. The molecule has 0 bridgehead atoms. The first-order chi connectivity index (χ1) is 14.0. The third-order valence-corrected chi connectivity index (χ3v) is 5.88. The van der Waals surface area contributed by atoms with Crippen LogP contribution in [0, 0.1) is 0 Å². The zero-order valence-corrected chi connectivity index (χ0v) is 18.4. The molecule has 0 aromatic carbocycles. The Bertz CT molecular complexity index is 647. The van der Waals surface area contributed by atoms with Crippen LogP contribution in [-0.2, 0) is 11.3 Å². The Balaban J connectivity index is 1.45. The van der Waals surface area contributed by atoms with Crippen molar-refractivity contribution < 1.29 is 4.74 Å². The van der Waals surface area contributed by atoms with E-state index in [1.165, 1.54) is 0 Å². The summed E-state index contributed by atoms with van der Waals surface area (Å²) < 4.78 is 5.47. The van der Waals surface area contributed by atoms with E-state index in [1.54, 1.807) is 0 Å². The zero-order chi connectivity index (χ0) is 20.7. The number of piperazine rings is 1. The monoisotopic (exact) mass is 403 g/mol. The third-order valence-electron chi connectivity index (χ3n) is 5.88. The predicted octanol–water partition coefficient (Wildman–Crippen LogP) is 0.609. The van der Waals surface area contributed by atoms with Crippen LogP contribution in [0.5, 0.6) is 0 Å². The Morgan fingerprint density at radius 3 is 2.45 bits per heavy atom. The molecule has 2 aliphatic rings. The summed E-state index contributed by atoms with van der Waals surface area (Å²) in [5.74, 6) is 1.88. The Kier molecular flexibility index (Phi) is 7.69. The molecule has 29 heavy (non-hydrogen) atoms. The number of pyridine rings is 1. The molecule has 0 saturated carbocycles. The number of hydrogen-bond donors (Lipinski definition) is 2. The van der Waals surface area contributed by atoms with E-state index < -0.39 is 0 Å². The first kappa shape index (κ1) is 21.8. The van der Waals surface area contributed by atoms with E-state index >= 15 is 0 Å². The topological polar surface area (TPSA) is 68.3 Å². The van der Waals surface area contributed by atoms with Gasteiger partial charge < -0.3 is 25.2 Å². The van der Waals surface area contributed by atoms with Crippen LogP contribution in [-0.4, -0.2) is 99.4 Å². The van der Waals surface area contributed by atoms with Gasteiger partial charge in [0.15, 0.2) is 5.96 Å². The first-order valence-corrected chi connectivity index (χ1v) is 10.6. The standard InChI is InChI=1S/C21H37N7O/c1-21(2,28-11-13-29-14-12-28)17-25-20(22-3)24-16-18-5-6-19(23-15-18)27-9-7-26(4)8-10-27/h5-6,15H,7-14,16-17H2,1-4H3,(H2,22,24,25). The molecular formula is C21H37N7O. The highest BCUT2D eigenvalue weighted by atomic mass is 16.5. The molecule has 8 heteroatoms. The lowest BCUT2D eigenvalue weighted by Gasteiger charge is -2.41. The highest BCUT2D eigenvalue weighted by molar-refractivity contribution is 5.79. The second kappa shape index (κ2) is 10.2. The lowest BCUT2D eigenvalue weighted by Crippen LogP contribution is -2.56. The Hall–Kier alpha value is -1.90. The molecule has 0 amide bonds. The van der Waals surface area contributed by atoms with Gasteiger partial charge in [0, 0.05) is 71.1 Å². The van der Waals surface area contributed by atoms with E-state index in [1.807, 2.05) is 13.2 Å². The molecule has 0 spiro atoms. The average molecular weight is 404 g/mol. The number of rotatable bonds is 6. The number of anilines is 1. The largest absolute Gasteiger partial charge is 0.379 e. The maximum atomic E-state index is 5.47. The number of ether oxygens (including phenoxy) is 1. The SMILES string of the molecule is CN=C(NCc1ccc(N2CCN(C)CC2)nc1)NCC(C)(C)N1CCOCC1. The van der Waals surface area contributed by atoms with Crippen LogP contribution in [0.3, 0.4) is 0 Å². The minimum Gasteiger partial charge on any atom is -0.379 e. The molecular weight excluding hydrogens is 366 g/mol.